The van der Waals surface area contributed by atoms with E-state index in [0.717, 1.165) is 34.5 Å². The summed E-state index contributed by atoms with van der Waals surface area (Å²) in [6.07, 6.45) is -0.327. The molecule has 0 bridgehead atoms. The van der Waals surface area contributed by atoms with Gasteiger partial charge in [-0.05, 0) is 25.0 Å². The van der Waals surface area contributed by atoms with Crippen LogP contribution < -0.4 is 5.56 Å². The Kier molecular flexibility index (Phi) is 4.44. The van der Waals surface area contributed by atoms with Gasteiger partial charge in [0.15, 0.2) is 0 Å². The van der Waals surface area contributed by atoms with Crippen molar-refractivity contribution in [3.8, 4) is 0 Å². The van der Waals surface area contributed by atoms with Gasteiger partial charge < -0.3 is 9.47 Å². The van der Waals surface area contributed by atoms with Crippen LogP contribution in [0.3, 0.4) is 0 Å². The van der Waals surface area contributed by atoms with E-state index in [9.17, 15) is 22.8 Å². The molecule has 5 nitrogen and oxygen atoms in total. The molecular weight excluding hydrogens is 343 g/mol. The third-order valence-corrected chi connectivity index (χ3v) is 4.82. The summed E-state index contributed by atoms with van der Waals surface area (Å²) in [6.45, 7) is 0.0986. The maximum absolute atomic E-state index is 12.8. The lowest BCUT2D eigenvalue weighted by atomic mass is 10.2. The van der Waals surface area contributed by atoms with Crippen LogP contribution in [-0.4, -0.2) is 26.9 Å². The van der Waals surface area contributed by atoms with Crippen LogP contribution in [0.15, 0.2) is 34.7 Å². The van der Waals surface area contributed by atoms with Gasteiger partial charge in [-0.15, -0.1) is 11.3 Å². The molecule has 1 saturated heterocycles. The van der Waals surface area contributed by atoms with Gasteiger partial charge in [-0.1, -0.05) is 0 Å². The van der Waals surface area contributed by atoms with Crippen molar-refractivity contribution < 1.29 is 18.0 Å². The number of rotatable bonds is 3. The monoisotopic (exact) mass is 357 g/mol. The van der Waals surface area contributed by atoms with E-state index in [1.165, 1.54) is 17.5 Å². The van der Waals surface area contributed by atoms with E-state index in [2.05, 4.69) is 4.98 Å². The average molecular weight is 357 g/mol. The van der Waals surface area contributed by atoms with Crippen LogP contribution in [0.25, 0.3) is 0 Å². The molecule has 9 heteroatoms. The minimum absolute atomic E-state index is 0.168. The van der Waals surface area contributed by atoms with Gasteiger partial charge in [0.25, 0.3) is 5.56 Å². The second-order valence-corrected chi connectivity index (χ2v) is 6.39. The molecule has 3 heterocycles. The number of carbonyl (C=O) groups is 1. The summed E-state index contributed by atoms with van der Waals surface area (Å²) in [5, 5.41) is 2.62. The number of carbonyl (C=O) groups excluding carboxylic acids is 1. The number of thiazole rings is 1. The van der Waals surface area contributed by atoms with Crippen LogP contribution in [0, 0.1) is 0 Å². The van der Waals surface area contributed by atoms with E-state index in [1.54, 1.807) is 11.1 Å². The lowest BCUT2D eigenvalue weighted by Gasteiger charge is -2.23. The number of amides is 1. The Morgan fingerprint density at radius 2 is 2.21 bits per heavy atom. The Morgan fingerprint density at radius 1 is 1.42 bits per heavy atom. The van der Waals surface area contributed by atoms with Crippen molar-refractivity contribution >= 4 is 17.2 Å². The van der Waals surface area contributed by atoms with Gasteiger partial charge in [-0.2, -0.15) is 13.2 Å². The first-order chi connectivity index (χ1) is 11.4. The smallest absolute Gasteiger partial charge is 0.332 e. The minimum Gasteiger partial charge on any atom is -0.332 e. The van der Waals surface area contributed by atoms with Crippen molar-refractivity contribution in [1.82, 2.24) is 14.5 Å². The average Bonchev–Trinajstić information content (AvgIpc) is 3.18. The molecule has 2 aromatic rings. The lowest BCUT2D eigenvalue weighted by molar-refractivity contribution is -0.139. The number of pyridine rings is 1. The first-order valence-corrected chi connectivity index (χ1v) is 8.21. The van der Waals surface area contributed by atoms with Crippen LogP contribution in [0.5, 0.6) is 0 Å². The maximum atomic E-state index is 12.8. The molecule has 1 atom stereocenters. The van der Waals surface area contributed by atoms with Crippen LogP contribution in [0.2, 0.25) is 0 Å². The highest BCUT2D eigenvalue weighted by Gasteiger charge is 2.35. The van der Waals surface area contributed by atoms with E-state index in [4.69, 9.17) is 0 Å². The summed E-state index contributed by atoms with van der Waals surface area (Å²) >= 11 is 1.43. The fourth-order valence-corrected chi connectivity index (χ4v) is 3.62. The molecule has 0 unspecified atom stereocenters. The third kappa shape index (κ3) is 3.21. The Bertz CT molecular complexity index is 786. The predicted molar refractivity (Wildman–Crippen MR) is 81.5 cm³/mol. The van der Waals surface area contributed by atoms with E-state index in [1.807, 2.05) is 5.38 Å². The van der Waals surface area contributed by atoms with Crippen molar-refractivity contribution in [2.24, 2.45) is 0 Å². The van der Waals surface area contributed by atoms with E-state index in [0.29, 0.717) is 6.54 Å². The number of alkyl halides is 3. The van der Waals surface area contributed by atoms with Crippen LogP contribution in [0.4, 0.5) is 13.2 Å². The zero-order chi connectivity index (χ0) is 17.3. The van der Waals surface area contributed by atoms with Gasteiger partial charge in [0.05, 0.1) is 6.04 Å². The summed E-state index contributed by atoms with van der Waals surface area (Å²) < 4.78 is 39.2. The molecule has 24 heavy (non-hydrogen) atoms. The molecule has 1 aliphatic rings. The molecule has 3 rings (SSSR count). The highest BCUT2D eigenvalue weighted by molar-refractivity contribution is 7.09. The van der Waals surface area contributed by atoms with Crippen molar-refractivity contribution in [3.63, 3.8) is 0 Å². The summed E-state index contributed by atoms with van der Waals surface area (Å²) in [6, 6.07) is 1.68. The molecule has 0 saturated carbocycles. The lowest BCUT2D eigenvalue weighted by Crippen LogP contribution is -2.37. The largest absolute Gasteiger partial charge is 0.421 e. The molecule has 1 aliphatic heterocycles. The Hall–Kier alpha value is -2.16. The normalized spacial score (nSPS) is 18.1. The third-order valence-electron chi connectivity index (χ3n) is 3.94. The molecule has 0 aliphatic carbocycles. The van der Waals surface area contributed by atoms with Crippen molar-refractivity contribution in [3.05, 3.63) is 50.8 Å². The van der Waals surface area contributed by atoms with Crippen LogP contribution >= 0.6 is 11.3 Å². The topological polar surface area (TPSA) is 55.2 Å². The molecule has 1 fully saturated rings. The Morgan fingerprint density at radius 3 is 2.88 bits per heavy atom. The second kappa shape index (κ2) is 6.39. The Labute approximate surface area is 139 Å². The second-order valence-electron chi connectivity index (χ2n) is 5.47. The number of aromatic nitrogens is 2. The molecule has 0 aromatic carbocycles. The summed E-state index contributed by atoms with van der Waals surface area (Å²) in [4.78, 5) is 30.2. The quantitative estimate of drug-likeness (QED) is 0.849. The van der Waals surface area contributed by atoms with Gasteiger partial charge >= 0.3 is 6.18 Å². The molecule has 1 amide bonds. The van der Waals surface area contributed by atoms with Crippen molar-refractivity contribution in [2.45, 2.75) is 31.6 Å². The van der Waals surface area contributed by atoms with Gasteiger partial charge in [0.2, 0.25) is 5.91 Å². The number of halogens is 3. The van der Waals surface area contributed by atoms with Crippen molar-refractivity contribution in [1.29, 1.82) is 0 Å². The van der Waals surface area contributed by atoms with E-state index >= 15 is 0 Å². The van der Waals surface area contributed by atoms with E-state index < -0.39 is 23.8 Å². The number of hydrogen-bond donors (Lipinski definition) is 0. The standard InChI is InChI=1S/C15H14F3N3O2S/c16-15(17,18)10-3-1-6-20(14(10)23)9-12(22)21-7-2-4-11(21)13-19-5-8-24-13/h1,3,5-6,8,11H,2,4,7,9H2/t11-/m1/s1. The minimum atomic E-state index is -4.74. The maximum Gasteiger partial charge on any atom is 0.421 e. The van der Waals surface area contributed by atoms with Gasteiger partial charge in [0, 0.05) is 24.3 Å². The highest BCUT2D eigenvalue weighted by Crippen LogP contribution is 2.33. The van der Waals surface area contributed by atoms with Gasteiger partial charge in [-0.3, -0.25) is 9.59 Å². The fourth-order valence-electron chi connectivity index (χ4n) is 2.83. The number of hydrogen-bond acceptors (Lipinski definition) is 4. The molecule has 0 N–H and O–H groups in total. The van der Waals surface area contributed by atoms with Crippen LogP contribution in [-0.2, 0) is 17.5 Å². The van der Waals surface area contributed by atoms with Gasteiger partial charge in [0.1, 0.15) is 17.1 Å². The van der Waals surface area contributed by atoms with Crippen LogP contribution in [0.1, 0.15) is 29.5 Å². The fraction of sp³-hybridized carbons (Fsp3) is 0.400. The molecular formula is C15H14F3N3O2S. The number of likely N-dealkylation sites (tertiary alicyclic amines) is 1. The Balaban J connectivity index is 1.82. The zero-order valence-corrected chi connectivity index (χ0v) is 13.3. The van der Waals surface area contributed by atoms with Gasteiger partial charge in [-0.25, -0.2) is 4.98 Å². The first kappa shape index (κ1) is 16.7. The summed E-state index contributed by atoms with van der Waals surface area (Å²) in [7, 11) is 0. The summed E-state index contributed by atoms with van der Waals surface area (Å²) in [5.41, 5.74) is -2.47. The van der Waals surface area contributed by atoms with Crippen molar-refractivity contribution in [2.75, 3.05) is 6.54 Å². The number of nitrogens with zero attached hydrogens (tertiary/aromatic N) is 3. The molecule has 0 radical (unpaired) electrons. The summed E-state index contributed by atoms with van der Waals surface area (Å²) in [5.74, 6) is -0.380. The first-order valence-electron chi connectivity index (χ1n) is 7.33. The predicted octanol–water partition coefficient (Wildman–Crippen LogP) is 2.69. The molecule has 128 valence electrons. The highest BCUT2D eigenvalue weighted by atomic mass is 32.1. The molecule has 2 aromatic heterocycles. The SMILES string of the molecule is O=C(Cn1cccc(C(F)(F)F)c1=O)N1CCC[C@@H]1c1nccs1. The zero-order valence-electron chi connectivity index (χ0n) is 12.5. The van der Waals surface area contributed by atoms with E-state index in [-0.39, 0.29) is 11.9 Å². The molecule has 0 spiro atoms.